The summed E-state index contributed by atoms with van der Waals surface area (Å²) in [6.45, 7) is 2.88. The molecule has 17 heavy (non-hydrogen) atoms. The van der Waals surface area contributed by atoms with E-state index in [2.05, 4.69) is 21.5 Å². The first-order valence-corrected chi connectivity index (χ1v) is 7.29. The fraction of sp³-hybridized carbons (Fsp3) is 0.667. The third-order valence-electron chi connectivity index (χ3n) is 3.42. The van der Waals surface area contributed by atoms with E-state index in [4.69, 9.17) is 0 Å². The van der Waals surface area contributed by atoms with Gasteiger partial charge in [0.1, 0.15) is 11.6 Å². The summed E-state index contributed by atoms with van der Waals surface area (Å²) in [5, 5.41) is 3.30. The Hall–Kier alpha value is -0.970. The zero-order valence-electron chi connectivity index (χ0n) is 10.4. The summed E-state index contributed by atoms with van der Waals surface area (Å²) in [7, 11) is 0. The monoisotopic (exact) mass is 253 g/mol. The van der Waals surface area contributed by atoms with Crippen LogP contribution in [0.25, 0.3) is 0 Å². The van der Waals surface area contributed by atoms with Crippen molar-refractivity contribution >= 4 is 17.6 Å². The summed E-state index contributed by atoms with van der Waals surface area (Å²) in [6.07, 6.45) is 6.73. The molecule has 4 nitrogen and oxygen atoms in total. The van der Waals surface area contributed by atoms with E-state index in [1.165, 1.54) is 25.3 Å². The SMILES string of the molecule is CCc1nc(NCC2(SC)CCC2)cc(=O)[nH]1. The van der Waals surface area contributed by atoms with E-state index in [1.807, 2.05) is 18.7 Å². The van der Waals surface area contributed by atoms with E-state index in [1.54, 1.807) is 0 Å². The minimum Gasteiger partial charge on any atom is -0.368 e. The number of H-pyrrole nitrogens is 1. The average molecular weight is 253 g/mol. The molecule has 0 atom stereocenters. The minimum atomic E-state index is -0.0776. The molecule has 0 amide bonds. The van der Waals surface area contributed by atoms with Gasteiger partial charge in [-0.15, -0.1) is 0 Å². The average Bonchev–Trinajstić information content (AvgIpc) is 2.27. The van der Waals surface area contributed by atoms with Gasteiger partial charge in [0.05, 0.1) is 0 Å². The lowest BCUT2D eigenvalue weighted by atomic mass is 9.84. The molecule has 0 aromatic carbocycles. The second-order valence-electron chi connectivity index (χ2n) is 4.53. The maximum absolute atomic E-state index is 11.4. The first-order valence-electron chi connectivity index (χ1n) is 6.07. The molecule has 1 aromatic heterocycles. The highest BCUT2D eigenvalue weighted by Gasteiger charge is 2.35. The van der Waals surface area contributed by atoms with Gasteiger partial charge < -0.3 is 10.3 Å². The van der Waals surface area contributed by atoms with Crippen LogP contribution in [0, 0.1) is 0 Å². The minimum absolute atomic E-state index is 0.0776. The van der Waals surface area contributed by atoms with Crippen LogP contribution < -0.4 is 10.9 Å². The van der Waals surface area contributed by atoms with Crippen LogP contribution in [0.5, 0.6) is 0 Å². The molecule has 1 saturated carbocycles. The number of aryl methyl sites for hydroxylation is 1. The lowest BCUT2D eigenvalue weighted by molar-refractivity contribution is 0.379. The van der Waals surface area contributed by atoms with Gasteiger partial charge >= 0.3 is 0 Å². The number of thioether (sulfide) groups is 1. The fourth-order valence-corrected chi connectivity index (χ4v) is 2.96. The summed E-state index contributed by atoms with van der Waals surface area (Å²) < 4.78 is 0.358. The largest absolute Gasteiger partial charge is 0.368 e. The number of hydrogen-bond acceptors (Lipinski definition) is 4. The molecule has 0 bridgehead atoms. The van der Waals surface area contributed by atoms with Crippen molar-refractivity contribution in [2.24, 2.45) is 0 Å². The Balaban J connectivity index is 2.03. The van der Waals surface area contributed by atoms with Crippen molar-refractivity contribution in [3.63, 3.8) is 0 Å². The first-order chi connectivity index (χ1) is 8.17. The van der Waals surface area contributed by atoms with E-state index in [-0.39, 0.29) is 5.56 Å². The van der Waals surface area contributed by atoms with E-state index in [0.717, 1.165) is 18.8 Å². The number of aromatic nitrogens is 2. The molecule has 1 aliphatic carbocycles. The van der Waals surface area contributed by atoms with Crippen molar-refractivity contribution in [1.29, 1.82) is 0 Å². The van der Waals surface area contributed by atoms with Crippen molar-refractivity contribution in [1.82, 2.24) is 9.97 Å². The van der Waals surface area contributed by atoms with Crippen LogP contribution in [0.1, 0.15) is 32.0 Å². The number of rotatable bonds is 5. The quantitative estimate of drug-likeness (QED) is 0.843. The van der Waals surface area contributed by atoms with Crippen LogP contribution in [-0.4, -0.2) is 27.5 Å². The number of nitrogens with one attached hydrogen (secondary N) is 2. The van der Waals surface area contributed by atoms with Gasteiger partial charge in [0.15, 0.2) is 0 Å². The van der Waals surface area contributed by atoms with Crippen molar-refractivity contribution in [3.8, 4) is 0 Å². The molecule has 94 valence electrons. The molecule has 5 heteroatoms. The van der Waals surface area contributed by atoms with Crippen LogP contribution in [0.2, 0.25) is 0 Å². The summed E-state index contributed by atoms with van der Waals surface area (Å²) in [5.41, 5.74) is -0.0776. The Morgan fingerprint density at radius 3 is 2.88 bits per heavy atom. The molecule has 0 aliphatic heterocycles. The van der Waals surface area contributed by atoms with Gasteiger partial charge in [0, 0.05) is 23.8 Å². The van der Waals surface area contributed by atoms with Gasteiger partial charge in [-0.25, -0.2) is 4.98 Å². The summed E-state index contributed by atoms with van der Waals surface area (Å²) in [4.78, 5) is 18.5. The molecule has 1 aromatic rings. The van der Waals surface area contributed by atoms with Crippen molar-refractivity contribution < 1.29 is 0 Å². The first kappa shape index (κ1) is 12.5. The Kier molecular flexibility index (Phi) is 3.76. The Labute approximate surface area is 106 Å². The van der Waals surface area contributed by atoms with E-state index >= 15 is 0 Å². The third-order valence-corrected chi connectivity index (χ3v) is 4.83. The molecule has 1 heterocycles. The van der Waals surface area contributed by atoms with Crippen LogP contribution in [0.3, 0.4) is 0 Å². The molecular formula is C12H19N3OS. The molecule has 0 unspecified atom stereocenters. The van der Waals surface area contributed by atoms with Gasteiger partial charge in [-0.3, -0.25) is 4.79 Å². The number of aromatic amines is 1. The Morgan fingerprint density at radius 2 is 2.35 bits per heavy atom. The van der Waals surface area contributed by atoms with Gasteiger partial charge in [0.2, 0.25) is 0 Å². The van der Waals surface area contributed by atoms with Gasteiger partial charge in [0.25, 0.3) is 5.56 Å². The van der Waals surface area contributed by atoms with Gasteiger partial charge in [-0.05, 0) is 19.1 Å². The second kappa shape index (κ2) is 5.12. The topological polar surface area (TPSA) is 57.8 Å². The molecule has 0 spiro atoms. The maximum Gasteiger partial charge on any atom is 0.252 e. The fourth-order valence-electron chi connectivity index (χ4n) is 2.04. The highest BCUT2D eigenvalue weighted by atomic mass is 32.2. The third kappa shape index (κ3) is 2.83. The van der Waals surface area contributed by atoms with E-state index in [0.29, 0.717) is 10.6 Å². The standard InChI is InChI=1S/C12H19N3OS/c1-3-9-14-10(7-11(16)15-9)13-8-12(17-2)5-4-6-12/h7H,3-6,8H2,1-2H3,(H2,13,14,15,16). The normalized spacial score (nSPS) is 17.5. The van der Waals surface area contributed by atoms with Crippen LogP contribution in [0.15, 0.2) is 10.9 Å². The summed E-state index contributed by atoms with van der Waals surface area (Å²) in [6, 6.07) is 1.53. The van der Waals surface area contributed by atoms with E-state index in [9.17, 15) is 4.79 Å². The van der Waals surface area contributed by atoms with Crippen LogP contribution in [-0.2, 0) is 6.42 Å². The molecule has 1 aliphatic rings. The Bertz CT molecular complexity index is 434. The zero-order valence-corrected chi connectivity index (χ0v) is 11.2. The molecule has 2 N–H and O–H groups in total. The highest BCUT2D eigenvalue weighted by molar-refractivity contribution is 8.00. The van der Waals surface area contributed by atoms with Crippen molar-refractivity contribution in [2.75, 3.05) is 18.1 Å². The predicted molar refractivity (Wildman–Crippen MR) is 72.8 cm³/mol. The van der Waals surface area contributed by atoms with Gasteiger partial charge in [-0.1, -0.05) is 13.3 Å². The molecule has 1 fully saturated rings. The smallest absolute Gasteiger partial charge is 0.252 e. The van der Waals surface area contributed by atoms with Crippen LogP contribution in [0.4, 0.5) is 5.82 Å². The van der Waals surface area contributed by atoms with Crippen LogP contribution >= 0.6 is 11.8 Å². The number of hydrogen-bond donors (Lipinski definition) is 2. The molecule has 2 rings (SSSR count). The van der Waals surface area contributed by atoms with Crippen molar-refractivity contribution in [3.05, 3.63) is 22.2 Å². The molecule has 0 radical (unpaired) electrons. The van der Waals surface area contributed by atoms with Gasteiger partial charge in [-0.2, -0.15) is 11.8 Å². The number of nitrogens with zero attached hydrogens (tertiary/aromatic N) is 1. The number of anilines is 1. The maximum atomic E-state index is 11.4. The lowest BCUT2D eigenvalue weighted by Gasteiger charge is -2.40. The second-order valence-corrected chi connectivity index (χ2v) is 5.80. The summed E-state index contributed by atoms with van der Waals surface area (Å²) in [5.74, 6) is 1.44. The summed E-state index contributed by atoms with van der Waals surface area (Å²) >= 11 is 1.92. The predicted octanol–water partition coefficient (Wildman–Crippen LogP) is 2.03. The van der Waals surface area contributed by atoms with E-state index < -0.39 is 0 Å². The Morgan fingerprint density at radius 1 is 1.59 bits per heavy atom. The molecule has 0 saturated heterocycles. The zero-order chi connectivity index (χ0) is 12.3. The van der Waals surface area contributed by atoms with Crippen molar-refractivity contribution in [2.45, 2.75) is 37.4 Å². The highest BCUT2D eigenvalue weighted by Crippen LogP contribution is 2.42. The lowest BCUT2D eigenvalue weighted by Crippen LogP contribution is -2.40. The molecular weight excluding hydrogens is 234 g/mol.